The minimum atomic E-state index is -3.07. The Labute approximate surface area is 110 Å². The van der Waals surface area contributed by atoms with Crippen molar-refractivity contribution in [1.29, 1.82) is 0 Å². The molecule has 0 fully saturated rings. The maximum Gasteiger partial charge on any atom is 0.153 e. The summed E-state index contributed by atoms with van der Waals surface area (Å²) in [6, 6.07) is 0. The van der Waals surface area contributed by atoms with Crippen LogP contribution >= 0.6 is 0 Å². The summed E-state index contributed by atoms with van der Waals surface area (Å²) >= 11 is 0. The van der Waals surface area contributed by atoms with Crippen molar-refractivity contribution in [3.8, 4) is 11.4 Å². The normalized spacial score (nSPS) is 11.4. The number of aryl methyl sites for hydroxylation is 1. The van der Waals surface area contributed by atoms with Crippen molar-refractivity contribution in [3.05, 3.63) is 30.4 Å². The maximum atomic E-state index is 11.1. The van der Waals surface area contributed by atoms with Crippen molar-refractivity contribution in [2.45, 2.75) is 6.54 Å². The van der Waals surface area contributed by atoms with Crippen molar-refractivity contribution >= 4 is 16.1 Å². The molecule has 0 aromatic carbocycles. The fourth-order valence-corrected chi connectivity index (χ4v) is 2.04. The van der Waals surface area contributed by atoms with E-state index in [0.717, 1.165) is 6.26 Å². The second-order valence-electron chi connectivity index (χ2n) is 4.03. The highest BCUT2D eigenvalue weighted by Crippen LogP contribution is 2.17. The molecule has 0 bridgehead atoms. The summed E-state index contributed by atoms with van der Waals surface area (Å²) in [6.45, 7) is 0.194. The molecule has 0 radical (unpaired) electrons. The first-order valence-corrected chi connectivity index (χ1v) is 7.52. The molecular weight excluding hydrogens is 268 g/mol. The van der Waals surface area contributed by atoms with Crippen LogP contribution in [0.3, 0.4) is 0 Å². The van der Waals surface area contributed by atoms with Gasteiger partial charge in [-0.05, 0) is 0 Å². The summed E-state index contributed by atoms with van der Waals surface area (Å²) in [5, 5.41) is 4.17. The molecule has 0 amide bonds. The van der Waals surface area contributed by atoms with Crippen molar-refractivity contribution in [2.24, 2.45) is 0 Å². The first-order chi connectivity index (χ1) is 8.99. The molecule has 8 heteroatoms. The number of nitrogens with zero attached hydrogens (tertiary/aromatic N) is 4. The molecule has 0 aliphatic heterocycles. The quantitative estimate of drug-likeness (QED) is 0.726. The Hall–Kier alpha value is -2.09. The van der Waals surface area contributed by atoms with Gasteiger partial charge >= 0.3 is 0 Å². The molecule has 0 saturated heterocycles. The van der Waals surface area contributed by atoms with E-state index >= 15 is 0 Å². The highest BCUT2D eigenvalue weighted by Gasteiger charge is 2.13. The lowest BCUT2D eigenvalue weighted by Crippen LogP contribution is -2.11. The molecule has 2 rings (SSSR count). The van der Waals surface area contributed by atoms with Crippen LogP contribution in [-0.4, -0.2) is 46.5 Å². The molecule has 2 aromatic heterocycles. The van der Waals surface area contributed by atoms with Gasteiger partial charge < -0.3 is 0 Å². The van der Waals surface area contributed by atoms with E-state index in [1.165, 1.54) is 29.5 Å². The summed E-state index contributed by atoms with van der Waals surface area (Å²) < 4.78 is 23.6. The second-order valence-corrected chi connectivity index (χ2v) is 6.29. The largest absolute Gasteiger partial charge is 0.298 e. The van der Waals surface area contributed by atoms with Crippen LogP contribution in [-0.2, 0) is 16.4 Å². The van der Waals surface area contributed by atoms with Gasteiger partial charge in [-0.2, -0.15) is 5.10 Å². The van der Waals surface area contributed by atoms with E-state index in [-0.39, 0.29) is 12.3 Å². The van der Waals surface area contributed by atoms with Gasteiger partial charge in [0.2, 0.25) is 0 Å². The molecule has 19 heavy (non-hydrogen) atoms. The molecule has 2 aromatic rings. The Kier molecular flexibility index (Phi) is 3.70. The van der Waals surface area contributed by atoms with E-state index in [4.69, 9.17) is 0 Å². The Bertz CT molecular complexity index is 679. The summed E-state index contributed by atoms with van der Waals surface area (Å²) in [4.78, 5) is 19.0. The molecule has 0 N–H and O–H groups in total. The monoisotopic (exact) mass is 280 g/mol. The van der Waals surface area contributed by atoms with Crippen molar-refractivity contribution in [2.75, 3.05) is 12.0 Å². The molecule has 0 spiro atoms. The average molecular weight is 280 g/mol. The first-order valence-electron chi connectivity index (χ1n) is 5.46. The molecule has 0 unspecified atom stereocenters. The number of aromatic nitrogens is 4. The van der Waals surface area contributed by atoms with E-state index in [1.807, 2.05) is 0 Å². The Morgan fingerprint density at radius 2 is 2.16 bits per heavy atom. The van der Waals surface area contributed by atoms with Crippen molar-refractivity contribution < 1.29 is 13.2 Å². The highest BCUT2D eigenvalue weighted by molar-refractivity contribution is 7.90. The smallest absolute Gasteiger partial charge is 0.153 e. The Balaban J connectivity index is 2.30. The van der Waals surface area contributed by atoms with Gasteiger partial charge in [-0.25, -0.2) is 8.42 Å². The lowest BCUT2D eigenvalue weighted by atomic mass is 10.2. The van der Waals surface area contributed by atoms with Gasteiger partial charge in [0.05, 0.1) is 24.1 Å². The van der Waals surface area contributed by atoms with Crippen LogP contribution in [0.15, 0.2) is 24.8 Å². The summed E-state index contributed by atoms with van der Waals surface area (Å²) in [5.74, 6) is -0.0348. The molecule has 0 saturated carbocycles. The lowest BCUT2D eigenvalue weighted by Gasteiger charge is -1.99. The van der Waals surface area contributed by atoms with Crippen LogP contribution in [0.5, 0.6) is 0 Å². The number of rotatable bonds is 5. The van der Waals surface area contributed by atoms with Gasteiger partial charge in [0, 0.05) is 24.8 Å². The van der Waals surface area contributed by atoms with E-state index in [1.54, 1.807) is 0 Å². The molecule has 0 atom stereocenters. The first kappa shape index (κ1) is 13.3. The van der Waals surface area contributed by atoms with Crippen LogP contribution in [0, 0.1) is 0 Å². The van der Waals surface area contributed by atoms with Gasteiger partial charge in [0.25, 0.3) is 0 Å². The minimum Gasteiger partial charge on any atom is -0.298 e. The second kappa shape index (κ2) is 5.27. The third kappa shape index (κ3) is 3.44. The van der Waals surface area contributed by atoms with Gasteiger partial charge in [-0.3, -0.25) is 19.4 Å². The highest BCUT2D eigenvalue weighted by atomic mass is 32.2. The number of carbonyl (C=O) groups excluding carboxylic acids is 1. The zero-order chi connectivity index (χ0) is 13.9. The Morgan fingerprint density at radius 3 is 2.74 bits per heavy atom. The summed E-state index contributed by atoms with van der Waals surface area (Å²) in [7, 11) is -3.07. The zero-order valence-corrected chi connectivity index (χ0v) is 11.0. The molecule has 7 nitrogen and oxygen atoms in total. The fourth-order valence-electron chi connectivity index (χ4n) is 1.52. The lowest BCUT2D eigenvalue weighted by molar-refractivity contribution is 0.112. The molecule has 2 heterocycles. The zero-order valence-electron chi connectivity index (χ0n) is 10.2. The maximum absolute atomic E-state index is 11.1. The topological polar surface area (TPSA) is 94.8 Å². The third-order valence-electron chi connectivity index (χ3n) is 2.41. The van der Waals surface area contributed by atoms with Crippen LogP contribution in [0.1, 0.15) is 10.4 Å². The number of hydrogen-bond acceptors (Lipinski definition) is 6. The number of hydrogen-bond donors (Lipinski definition) is 0. The van der Waals surface area contributed by atoms with Gasteiger partial charge in [0.1, 0.15) is 21.2 Å². The molecule has 0 aliphatic rings. The van der Waals surface area contributed by atoms with Crippen molar-refractivity contribution in [3.63, 3.8) is 0 Å². The van der Waals surface area contributed by atoms with Crippen LogP contribution in [0.4, 0.5) is 0 Å². The van der Waals surface area contributed by atoms with Crippen LogP contribution < -0.4 is 0 Å². The van der Waals surface area contributed by atoms with E-state index in [0.29, 0.717) is 23.2 Å². The Morgan fingerprint density at radius 1 is 1.37 bits per heavy atom. The number of carbonyl (C=O) groups is 1. The van der Waals surface area contributed by atoms with Gasteiger partial charge in [0.15, 0.2) is 6.29 Å². The standard InChI is InChI=1S/C11H12N4O3S/c1-19(17,18)5-4-15-7-9(8-16)11(14-15)10-6-12-2-3-13-10/h2-3,6-8H,4-5H2,1H3. The predicted octanol–water partition coefficient (Wildman–Crippen LogP) is 0.197. The summed E-state index contributed by atoms with van der Waals surface area (Å²) in [6.07, 6.45) is 7.83. The summed E-state index contributed by atoms with van der Waals surface area (Å²) in [5.41, 5.74) is 1.23. The van der Waals surface area contributed by atoms with Crippen molar-refractivity contribution in [1.82, 2.24) is 19.7 Å². The van der Waals surface area contributed by atoms with Crippen LogP contribution in [0.2, 0.25) is 0 Å². The molecular formula is C11H12N4O3S. The van der Waals surface area contributed by atoms with E-state index < -0.39 is 9.84 Å². The SMILES string of the molecule is CS(=O)(=O)CCn1cc(C=O)c(-c2cnccn2)n1. The molecule has 100 valence electrons. The van der Waals surface area contributed by atoms with E-state index in [2.05, 4.69) is 15.1 Å². The fraction of sp³-hybridized carbons (Fsp3) is 0.273. The van der Waals surface area contributed by atoms with E-state index in [9.17, 15) is 13.2 Å². The average Bonchev–Trinajstić information content (AvgIpc) is 2.80. The predicted molar refractivity (Wildman–Crippen MR) is 68.4 cm³/mol. The number of aldehydes is 1. The van der Waals surface area contributed by atoms with Gasteiger partial charge in [-0.15, -0.1) is 0 Å². The van der Waals surface area contributed by atoms with Crippen LogP contribution in [0.25, 0.3) is 11.4 Å². The third-order valence-corrected chi connectivity index (χ3v) is 3.34. The van der Waals surface area contributed by atoms with Gasteiger partial charge in [-0.1, -0.05) is 0 Å². The number of sulfone groups is 1. The molecule has 0 aliphatic carbocycles. The minimum absolute atomic E-state index is 0.0348.